The highest BCUT2D eigenvalue weighted by Gasteiger charge is 2.42. The van der Waals surface area contributed by atoms with Crippen molar-refractivity contribution in [2.75, 3.05) is 70.5 Å². The van der Waals surface area contributed by atoms with Gasteiger partial charge in [0.2, 0.25) is 11.8 Å². The van der Waals surface area contributed by atoms with E-state index in [1.165, 1.54) is 11.3 Å². The van der Waals surface area contributed by atoms with Crippen molar-refractivity contribution in [2.24, 2.45) is 5.92 Å². The number of nitrogens with two attached hydrogens (primary N) is 1. The van der Waals surface area contributed by atoms with E-state index in [1.54, 1.807) is 14.7 Å². The number of likely N-dealkylation sites (tertiary alicyclic amines) is 2. The van der Waals surface area contributed by atoms with Gasteiger partial charge in [-0.25, -0.2) is 4.79 Å². The Morgan fingerprint density at radius 1 is 0.882 bits per heavy atom. The number of hydrogen-bond acceptors (Lipinski definition) is 7. The summed E-state index contributed by atoms with van der Waals surface area (Å²) >= 11 is 1.45. The lowest BCUT2D eigenvalue weighted by molar-refractivity contribution is -0.143. The van der Waals surface area contributed by atoms with Gasteiger partial charge < -0.3 is 25.3 Å². The lowest BCUT2D eigenvalue weighted by atomic mass is 9.90. The lowest BCUT2D eigenvalue weighted by Gasteiger charge is -2.43. The van der Waals surface area contributed by atoms with Crippen LogP contribution in [0.5, 0.6) is 0 Å². The summed E-state index contributed by atoms with van der Waals surface area (Å²) in [5, 5.41) is 5.61. The van der Waals surface area contributed by atoms with E-state index in [0.29, 0.717) is 63.7 Å². The molecule has 1 aromatic heterocycles. The van der Waals surface area contributed by atoms with Crippen molar-refractivity contribution in [1.82, 2.24) is 24.5 Å². The molecule has 0 unspecified atom stereocenters. The van der Waals surface area contributed by atoms with Gasteiger partial charge in [0.15, 0.2) is 0 Å². The molecule has 0 saturated carbocycles. The van der Waals surface area contributed by atoms with Crippen LogP contribution in [0, 0.1) is 5.92 Å². The first kappa shape index (κ1) is 37.2. The van der Waals surface area contributed by atoms with E-state index in [-0.39, 0.29) is 37.1 Å². The molecular formula is C34H43F6N7O3S. The third kappa shape index (κ3) is 8.40. The number of thiophene rings is 1. The van der Waals surface area contributed by atoms with Crippen LogP contribution in [0.2, 0.25) is 0 Å². The zero-order chi connectivity index (χ0) is 36.7. The van der Waals surface area contributed by atoms with Gasteiger partial charge in [0.25, 0.3) is 0 Å². The average Bonchev–Trinajstić information content (AvgIpc) is 3.54. The number of amides is 4. The van der Waals surface area contributed by atoms with Crippen LogP contribution in [0.1, 0.15) is 54.4 Å². The van der Waals surface area contributed by atoms with E-state index in [2.05, 4.69) is 22.2 Å². The molecule has 1 aromatic carbocycles. The van der Waals surface area contributed by atoms with Gasteiger partial charge >= 0.3 is 18.4 Å². The quantitative estimate of drug-likeness (QED) is 0.299. The second-order valence-corrected chi connectivity index (χ2v) is 15.0. The number of nitrogen functional groups attached to an aromatic ring is 1. The van der Waals surface area contributed by atoms with Crippen molar-refractivity contribution >= 4 is 39.9 Å². The van der Waals surface area contributed by atoms with Gasteiger partial charge in [-0.1, -0.05) is 0 Å². The molecule has 0 bridgehead atoms. The molecule has 2 aromatic rings. The molecule has 17 heteroatoms. The maximum Gasteiger partial charge on any atom is 0.418 e. The van der Waals surface area contributed by atoms with Crippen LogP contribution in [-0.4, -0.2) is 114 Å². The number of piperazine rings is 1. The van der Waals surface area contributed by atoms with Gasteiger partial charge in [-0.2, -0.15) is 26.3 Å². The second-order valence-electron chi connectivity index (χ2n) is 14.0. The maximum atomic E-state index is 14.1. The number of nitrogens with zero attached hydrogens (tertiary/aromatic N) is 5. The van der Waals surface area contributed by atoms with Crippen molar-refractivity contribution in [3.8, 4) is 0 Å². The Morgan fingerprint density at radius 2 is 1.47 bits per heavy atom. The predicted octanol–water partition coefficient (Wildman–Crippen LogP) is 5.19. The molecule has 280 valence electrons. The van der Waals surface area contributed by atoms with Gasteiger partial charge in [0.05, 0.1) is 29.3 Å². The summed E-state index contributed by atoms with van der Waals surface area (Å²) < 4.78 is 83.3. The number of hydrogen-bond donors (Lipinski definition) is 2. The minimum atomic E-state index is -5.17. The third-order valence-electron chi connectivity index (χ3n) is 10.8. The minimum Gasteiger partial charge on any atom is -0.398 e. The SMILES string of the molecule is CN1CCC(N2CCN(C(=O)[C@H](CC(=O)N3CCC(N4Cc5ccsc5NC4=O)CC3)Cc3cc(C(F)(F)F)c(N)c(C(F)(F)F)c3)CC2)CC1. The van der Waals surface area contributed by atoms with Crippen molar-refractivity contribution in [2.45, 2.75) is 69.5 Å². The van der Waals surface area contributed by atoms with E-state index in [4.69, 9.17) is 5.73 Å². The average molecular weight is 744 g/mol. The highest BCUT2D eigenvalue weighted by atomic mass is 32.1. The minimum absolute atomic E-state index is 0.128. The summed E-state index contributed by atoms with van der Waals surface area (Å²) in [6.45, 7) is 4.82. The molecule has 0 spiro atoms. The van der Waals surface area contributed by atoms with E-state index in [9.17, 15) is 40.7 Å². The van der Waals surface area contributed by atoms with Gasteiger partial charge in [-0.05, 0) is 81.4 Å². The molecule has 51 heavy (non-hydrogen) atoms. The van der Waals surface area contributed by atoms with Crippen molar-refractivity contribution in [3.05, 3.63) is 45.8 Å². The Bertz CT molecular complexity index is 1560. The number of nitrogens with one attached hydrogen (secondary N) is 1. The fraction of sp³-hybridized carbons (Fsp3) is 0.618. The molecule has 4 amide bonds. The zero-order valence-electron chi connectivity index (χ0n) is 28.4. The Labute approximate surface area is 296 Å². The molecule has 3 saturated heterocycles. The summed E-state index contributed by atoms with van der Waals surface area (Å²) in [7, 11) is 2.07. The van der Waals surface area contributed by atoms with Crippen LogP contribution in [0.3, 0.4) is 0 Å². The number of carbonyl (C=O) groups is 3. The van der Waals surface area contributed by atoms with E-state index in [0.717, 1.165) is 36.5 Å². The number of rotatable bonds is 7. The summed E-state index contributed by atoms with van der Waals surface area (Å²) in [4.78, 5) is 50.0. The fourth-order valence-corrected chi connectivity index (χ4v) is 8.61. The zero-order valence-corrected chi connectivity index (χ0v) is 29.2. The summed E-state index contributed by atoms with van der Waals surface area (Å²) in [6.07, 6.45) is -8.25. The Hall–Kier alpha value is -3.57. The van der Waals surface area contributed by atoms with Gasteiger partial charge in [0.1, 0.15) is 5.00 Å². The molecule has 0 aliphatic carbocycles. The number of fused-ring (bicyclic) bond motifs is 1. The van der Waals surface area contributed by atoms with Crippen molar-refractivity contribution < 1.29 is 40.7 Å². The van der Waals surface area contributed by atoms with Crippen molar-refractivity contribution in [1.29, 1.82) is 0 Å². The number of carbonyl (C=O) groups excluding carboxylic acids is 3. The third-order valence-corrected chi connectivity index (χ3v) is 11.6. The second kappa shape index (κ2) is 14.8. The van der Waals surface area contributed by atoms with E-state index >= 15 is 0 Å². The van der Waals surface area contributed by atoms with Crippen LogP contribution >= 0.6 is 11.3 Å². The molecule has 3 N–H and O–H groups in total. The first-order chi connectivity index (χ1) is 24.1. The van der Waals surface area contributed by atoms with Crippen LogP contribution in [0.4, 0.5) is 41.8 Å². The first-order valence-electron chi connectivity index (χ1n) is 17.3. The molecule has 4 aliphatic heterocycles. The normalized spacial score (nSPS) is 21.1. The number of anilines is 2. The Balaban J connectivity index is 1.17. The molecule has 4 aliphatic rings. The topological polar surface area (TPSA) is 105 Å². The maximum absolute atomic E-state index is 14.1. The largest absolute Gasteiger partial charge is 0.418 e. The summed E-state index contributed by atoms with van der Waals surface area (Å²) in [5.74, 6) is -2.08. The highest BCUT2D eigenvalue weighted by molar-refractivity contribution is 7.14. The molecule has 0 radical (unpaired) electrons. The first-order valence-corrected chi connectivity index (χ1v) is 18.2. The monoisotopic (exact) mass is 743 g/mol. The Kier molecular flexibility index (Phi) is 10.8. The van der Waals surface area contributed by atoms with Gasteiger partial charge in [0, 0.05) is 63.3 Å². The van der Waals surface area contributed by atoms with E-state index in [1.807, 2.05) is 11.4 Å². The lowest BCUT2D eigenvalue weighted by Crippen LogP contribution is -2.55. The standard InChI is InChI=1S/C34H43F6N7O3S/c1-43-7-2-24(3-8-43)44-11-13-46(14-12-44)31(49)23(16-21-17-26(33(35,36)37)29(41)27(18-21)34(38,39)40)19-28(48)45-9-4-25(5-10-45)47-20-22-6-15-51-30(22)42-32(47)50/h6,15,17-18,23-25H,2-5,7-14,16,19-20,41H2,1H3,(H,42,50)/t23-/m0/s1. The van der Waals surface area contributed by atoms with Gasteiger partial charge in [-0.15, -0.1) is 11.3 Å². The number of benzene rings is 1. The van der Waals surface area contributed by atoms with Gasteiger partial charge in [-0.3, -0.25) is 19.8 Å². The molecule has 3 fully saturated rings. The molecule has 10 nitrogen and oxygen atoms in total. The van der Waals surface area contributed by atoms with Crippen LogP contribution in [0.15, 0.2) is 23.6 Å². The summed E-state index contributed by atoms with van der Waals surface area (Å²) in [6, 6.07) is 3.10. The number of urea groups is 1. The number of halogens is 6. The highest BCUT2D eigenvalue weighted by Crippen LogP contribution is 2.42. The van der Waals surface area contributed by atoms with Crippen LogP contribution in [-0.2, 0) is 34.9 Å². The van der Waals surface area contributed by atoms with E-state index < -0.39 is 53.3 Å². The Morgan fingerprint density at radius 3 is 2.06 bits per heavy atom. The number of piperidine rings is 2. The molecule has 6 rings (SSSR count). The molecular weight excluding hydrogens is 700 g/mol. The summed E-state index contributed by atoms with van der Waals surface area (Å²) in [5.41, 5.74) is 1.32. The predicted molar refractivity (Wildman–Crippen MR) is 180 cm³/mol. The number of alkyl halides is 6. The van der Waals surface area contributed by atoms with Crippen LogP contribution < -0.4 is 11.1 Å². The smallest absolute Gasteiger partial charge is 0.398 e. The molecule has 1 atom stereocenters. The fourth-order valence-electron chi connectivity index (χ4n) is 7.81. The van der Waals surface area contributed by atoms with Crippen molar-refractivity contribution in [3.63, 3.8) is 0 Å². The molecule has 5 heterocycles. The van der Waals surface area contributed by atoms with Crippen LogP contribution in [0.25, 0.3) is 0 Å².